The summed E-state index contributed by atoms with van der Waals surface area (Å²) in [5, 5.41) is 14.4. The summed E-state index contributed by atoms with van der Waals surface area (Å²) in [6.07, 6.45) is 9.04. The van der Waals surface area contributed by atoms with Crippen molar-refractivity contribution in [1.82, 2.24) is 5.32 Å². The van der Waals surface area contributed by atoms with Gasteiger partial charge in [0.2, 0.25) is 0 Å². The molecule has 0 aromatic heterocycles. The number of nitrogens with one attached hydrogen (secondary N) is 1. The lowest BCUT2D eigenvalue weighted by atomic mass is 9.78. The Bertz CT molecular complexity index is 623. The fraction of sp³-hybridized carbons (Fsp3) is 0.720. The lowest BCUT2D eigenvalue weighted by Crippen LogP contribution is -2.33. The number of hydrogen-bond donors (Lipinski definition) is 2. The summed E-state index contributed by atoms with van der Waals surface area (Å²) in [5.41, 5.74) is 2.08. The highest BCUT2D eigenvalue weighted by molar-refractivity contribution is 5.96. The largest absolute Gasteiger partial charge is 0.507 e. The monoisotopic (exact) mass is 387 g/mol. The number of unbranched alkanes of at least 4 members (excludes halogenated alkanes) is 2. The van der Waals surface area contributed by atoms with E-state index in [0.29, 0.717) is 18.2 Å². The second-order valence-electron chi connectivity index (χ2n) is 10.6. The van der Waals surface area contributed by atoms with Crippen molar-refractivity contribution < 1.29 is 9.90 Å². The number of ketones is 1. The maximum Gasteiger partial charge on any atom is 0.162 e. The number of carbonyl (C=O) groups excluding carboxylic acids is 1. The molecule has 1 saturated heterocycles. The molecule has 1 aliphatic rings. The lowest BCUT2D eigenvalue weighted by molar-refractivity contribution is 0.0978. The Morgan fingerprint density at radius 1 is 1.00 bits per heavy atom. The van der Waals surface area contributed by atoms with E-state index in [0.717, 1.165) is 36.1 Å². The summed E-state index contributed by atoms with van der Waals surface area (Å²) in [6, 6.07) is 4.52. The third kappa shape index (κ3) is 6.34. The molecule has 0 aliphatic carbocycles. The first-order chi connectivity index (χ1) is 13.0. The van der Waals surface area contributed by atoms with E-state index in [2.05, 4.69) is 46.9 Å². The van der Waals surface area contributed by atoms with E-state index in [-0.39, 0.29) is 16.6 Å². The Labute approximate surface area is 172 Å². The molecule has 1 atom stereocenters. The molecule has 3 nitrogen and oxygen atoms in total. The standard InChI is InChI=1S/C25H41NO2/c1-24(2,3)20-16-18(17-21(23(20)28)25(4,5)6)22(27)14-9-7-8-12-19-13-10-11-15-26-19/h16-17,19,26,28H,7-15H2,1-6H3. The van der Waals surface area contributed by atoms with Gasteiger partial charge in [-0.25, -0.2) is 0 Å². The first kappa shape index (κ1) is 22.9. The molecule has 0 radical (unpaired) electrons. The van der Waals surface area contributed by atoms with Gasteiger partial charge >= 0.3 is 0 Å². The first-order valence-corrected chi connectivity index (χ1v) is 11.1. The van der Waals surface area contributed by atoms with E-state index < -0.39 is 0 Å². The maximum absolute atomic E-state index is 12.9. The Hall–Kier alpha value is -1.35. The van der Waals surface area contributed by atoms with Gasteiger partial charge in [0.15, 0.2) is 5.78 Å². The van der Waals surface area contributed by atoms with Crippen LogP contribution in [0.4, 0.5) is 0 Å². The zero-order valence-electron chi connectivity index (χ0n) is 19.0. The Kier molecular flexibility index (Phi) is 7.73. The molecule has 1 unspecified atom stereocenters. The number of hydrogen-bond acceptors (Lipinski definition) is 3. The Balaban J connectivity index is 1.99. The zero-order chi connectivity index (χ0) is 20.9. The van der Waals surface area contributed by atoms with Crippen LogP contribution in [0.3, 0.4) is 0 Å². The molecule has 1 aliphatic heterocycles. The number of phenolic OH excluding ortho intramolecular Hbond substituents is 1. The predicted molar refractivity (Wildman–Crippen MR) is 119 cm³/mol. The van der Waals surface area contributed by atoms with Gasteiger partial charge in [-0.2, -0.15) is 0 Å². The van der Waals surface area contributed by atoms with Crippen molar-refractivity contribution in [2.24, 2.45) is 0 Å². The summed E-state index contributed by atoms with van der Waals surface area (Å²) in [7, 11) is 0. The molecule has 1 heterocycles. The van der Waals surface area contributed by atoms with Crippen LogP contribution >= 0.6 is 0 Å². The minimum Gasteiger partial charge on any atom is -0.507 e. The first-order valence-electron chi connectivity index (χ1n) is 11.1. The lowest BCUT2D eigenvalue weighted by Gasteiger charge is -2.28. The molecule has 1 fully saturated rings. The van der Waals surface area contributed by atoms with Crippen molar-refractivity contribution in [3.8, 4) is 5.75 Å². The van der Waals surface area contributed by atoms with Gasteiger partial charge in [0.1, 0.15) is 5.75 Å². The van der Waals surface area contributed by atoms with Crippen LogP contribution < -0.4 is 5.32 Å². The molecule has 0 bridgehead atoms. The molecule has 0 spiro atoms. The van der Waals surface area contributed by atoms with Gasteiger partial charge in [-0.1, -0.05) is 60.8 Å². The second-order valence-corrected chi connectivity index (χ2v) is 10.6. The van der Waals surface area contributed by atoms with Crippen LogP contribution in [0, 0.1) is 0 Å². The number of rotatable bonds is 7. The summed E-state index contributed by atoms with van der Waals surface area (Å²) in [5.74, 6) is 0.545. The minimum absolute atomic E-state index is 0.201. The molecule has 28 heavy (non-hydrogen) atoms. The van der Waals surface area contributed by atoms with E-state index >= 15 is 0 Å². The number of phenols is 1. The van der Waals surface area contributed by atoms with Gasteiger partial charge in [0, 0.05) is 29.2 Å². The average molecular weight is 388 g/mol. The predicted octanol–water partition coefficient (Wildman–Crippen LogP) is 6.26. The van der Waals surface area contributed by atoms with Crippen LogP contribution in [0.2, 0.25) is 0 Å². The molecular weight excluding hydrogens is 346 g/mol. The van der Waals surface area contributed by atoms with Crippen molar-refractivity contribution in [2.45, 2.75) is 110 Å². The molecule has 2 rings (SSSR count). The molecule has 1 aromatic carbocycles. The molecule has 158 valence electrons. The minimum atomic E-state index is -0.201. The van der Waals surface area contributed by atoms with Gasteiger partial charge in [-0.3, -0.25) is 4.79 Å². The highest BCUT2D eigenvalue weighted by Crippen LogP contribution is 2.40. The summed E-state index contributed by atoms with van der Waals surface area (Å²) in [6.45, 7) is 13.7. The highest BCUT2D eigenvalue weighted by atomic mass is 16.3. The van der Waals surface area contributed by atoms with Crippen molar-refractivity contribution in [3.05, 3.63) is 28.8 Å². The van der Waals surface area contributed by atoms with Crippen LogP contribution in [-0.2, 0) is 10.8 Å². The van der Waals surface area contributed by atoms with Crippen molar-refractivity contribution in [3.63, 3.8) is 0 Å². The second kappa shape index (κ2) is 9.43. The van der Waals surface area contributed by atoms with Crippen LogP contribution in [0.1, 0.15) is 114 Å². The van der Waals surface area contributed by atoms with Gasteiger partial charge in [-0.05, 0) is 55.2 Å². The molecular formula is C25H41NO2. The molecule has 0 saturated carbocycles. The Morgan fingerprint density at radius 2 is 1.61 bits per heavy atom. The van der Waals surface area contributed by atoms with Crippen LogP contribution in [-0.4, -0.2) is 23.5 Å². The number of aromatic hydroxyl groups is 1. The van der Waals surface area contributed by atoms with E-state index in [1.165, 1.54) is 32.1 Å². The van der Waals surface area contributed by atoms with Crippen LogP contribution in [0.15, 0.2) is 12.1 Å². The Morgan fingerprint density at radius 3 is 2.11 bits per heavy atom. The number of piperidine rings is 1. The van der Waals surface area contributed by atoms with Gasteiger partial charge < -0.3 is 10.4 Å². The van der Waals surface area contributed by atoms with Crippen molar-refractivity contribution in [2.75, 3.05) is 6.54 Å². The van der Waals surface area contributed by atoms with Crippen LogP contribution in [0.25, 0.3) is 0 Å². The highest BCUT2D eigenvalue weighted by Gasteiger charge is 2.27. The quantitative estimate of drug-likeness (QED) is 0.428. The fourth-order valence-electron chi connectivity index (χ4n) is 4.11. The average Bonchev–Trinajstić information content (AvgIpc) is 2.60. The number of Topliss-reactive ketones (excluding diaryl/α,β-unsaturated/α-hetero) is 1. The van der Waals surface area contributed by atoms with Gasteiger partial charge in [0.05, 0.1) is 0 Å². The maximum atomic E-state index is 12.9. The number of carbonyl (C=O) groups is 1. The molecule has 0 amide bonds. The van der Waals surface area contributed by atoms with E-state index in [9.17, 15) is 9.90 Å². The molecule has 3 heteroatoms. The van der Waals surface area contributed by atoms with Gasteiger partial charge in [0.25, 0.3) is 0 Å². The normalized spacial score (nSPS) is 18.3. The van der Waals surface area contributed by atoms with E-state index in [1.807, 2.05) is 12.1 Å². The topological polar surface area (TPSA) is 49.3 Å². The third-order valence-electron chi connectivity index (χ3n) is 5.92. The van der Waals surface area contributed by atoms with E-state index in [4.69, 9.17) is 0 Å². The zero-order valence-corrected chi connectivity index (χ0v) is 19.0. The van der Waals surface area contributed by atoms with E-state index in [1.54, 1.807) is 0 Å². The fourth-order valence-corrected chi connectivity index (χ4v) is 4.11. The number of benzene rings is 1. The van der Waals surface area contributed by atoms with Crippen LogP contribution in [0.5, 0.6) is 5.75 Å². The molecule has 2 N–H and O–H groups in total. The summed E-state index contributed by atoms with van der Waals surface area (Å²) < 4.78 is 0. The third-order valence-corrected chi connectivity index (χ3v) is 5.92. The summed E-state index contributed by atoms with van der Waals surface area (Å²) in [4.78, 5) is 12.9. The summed E-state index contributed by atoms with van der Waals surface area (Å²) >= 11 is 0. The smallest absolute Gasteiger partial charge is 0.162 e. The van der Waals surface area contributed by atoms with Crippen molar-refractivity contribution >= 4 is 5.78 Å². The SMILES string of the molecule is CC(C)(C)c1cc(C(=O)CCCCCC2CCCCN2)cc(C(C)(C)C)c1O. The van der Waals surface area contributed by atoms with Gasteiger partial charge in [-0.15, -0.1) is 0 Å². The van der Waals surface area contributed by atoms with Crippen molar-refractivity contribution in [1.29, 1.82) is 0 Å². The molecule has 1 aromatic rings.